The predicted molar refractivity (Wildman–Crippen MR) is 74.1 cm³/mol. The van der Waals surface area contributed by atoms with Gasteiger partial charge in [-0.2, -0.15) is 0 Å². The standard InChI is InChI=1S/C15H19ClO/c1-3-5-7-12-15-14(16)11-9-6-8-10-13(4-2)17-15/h1,5-10,13-15H,4,11-12H2,2H3. The number of rotatable bonds is 3. The van der Waals surface area contributed by atoms with Crippen molar-refractivity contribution in [3.05, 3.63) is 36.5 Å². The van der Waals surface area contributed by atoms with E-state index in [1.165, 1.54) is 0 Å². The van der Waals surface area contributed by atoms with E-state index in [2.05, 4.69) is 25.0 Å². The number of halogens is 1. The predicted octanol–water partition coefficient (Wildman–Crippen LogP) is 3.85. The lowest BCUT2D eigenvalue weighted by Crippen LogP contribution is -2.28. The molecule has 0 radical (unpaired) electrons. The van der Waals surface area contributed by atoms with Gasteiger partial charge in [-0.15, -0.1) is 18.0 Å². The van der Waals surface area contributed by atoms with Gasteiger partial charge in [-0.25, -0.2) is 0 Å². The average molecular weight is 251 g/mol. The fourth-order valence-corrected chi connectivity index (χ4v) is 1.95. The van der Waals surface area contributed by atoms with E-state index >= 15 is 0 Å². The van der Waals surface area contributed by atoms with Crippen LogP contribution in [0.5, 0.6) is 0 Å². The fraction of sp³-hybridized carbons (Fsp3) is 0.467. The molecule has 2 heteroatoms. The van der Waals surface area contributed by atoms with Gasteiger partial charge in [-0.3, -0.25) is 0 Å². The van der Waals surface area contributed by atoms with Crippen LogP contribution >= 0.6 is 11.6 Å². The van der Waals surface area contributed by atoms with Crippen LogP contribution in [0.25, 0.3) is 0 Å². The summed E-state index contributed by atoms with van der Waals surface area (Å²) in [6, 6.07) is 0. The van der Waals surface area contributed by atoms with Crippen molar-refractivity contribution in [2.45, 2.75) is 43.8 Å². The Kier molecular flexibility index (Phi) is 6.77. The summed E-state index contributed by atoms with van der Waals surface area (Å²) in [7, 11) is 0. The number of allylic oxidation sites excluding steroid dienone is 4. The van der Waals surface area contributed by atoms with Crippen LogP contribution in [0, 0.1) is 12.3 Å². The summed E-state index contributed by atoms with van der Waals surface area (Å²) in [4.78, 5) is 0. The zero-order valence-electron chi connectivity index (χ0n) is 10.2. The van der Waals surface area contributed by atoms with Gasteiger partial charge in [-0.05, 0) is 25.3 Å². The van der Waals surface area contributed by atoms with Crippen molar-refractivity contribution in [2.75, 3.05) is 0 Å². The van der Waals surface area contributed by atoms with E-state index in [4.69, 9.17) is 22.8 Å². The molecule has 17 heavy (non-hydrogen) atoms. The second-order valence-electron chi connectivity index (χ2n) is 3.99. The van der Waals surface area contributed by atoms with Crippen LogP contribution in [-0.4, -0.2) is 17.6 Å². The van der Waals surface area contributed by atoms with Crippen LogP contribution in [0.1, 0.15) is 26.2 Å². The second kappa shape index (κ2) is 8.17. The molecule has 1 rings (SSSR count). The second-order valence-corrected chi connectivity index (χ2v) is 4.55. The van der Waals surface area contributed by atoms with Gasteiger partial charge < -0.3 is 4.74 Å². The maximum atomic E-state index is 6.34. The van der Waals surface area contributed by atoms with Crippen molar-refractivity contribution in [3.8, 4) is 12.3 Å². The minimum atomic E-state index is -0.0115. The first-order valence-corrected chi connectivity index (χ1v) is 6.45. The van der Waals surface area contributed by atoms with Crippen molar-refractivity contribution in [2.24, 2.45) is 0 Å². The Labute approximate surface area is 109 Å². The van der Waals surface area contributed by atoms with Crippen LogP contribution in [0.3, 0.4) is 0 Å². The Bertz CT molecular complexity index is 335. The van der Waals surface area contributed by atoms with Gasteiger partial charge in [0.2, 0.25) is 0 Å². The normalized spacial score (nSPS) is 29.6. The molecule has 92 valence electrons. The van der Waals surface area contributed by atoms with E-state index < -0.39 is 0 Å². The van der Waals surface area contributed by atoms with Crippen molar-refractivity contribution in [1.29, 1.82) is 0 Å². The molecule has 3 atom stereocenters. The third kappa shape index (κ3) is 5.26. The molecule has 0 aromatic heterocycles. The SMILES string of the molecule is C#CC=CCC1OC(CC)C=CC=CCC1Cl. The molecule has 0 aliphatic carbocycles. The van der Waals surface area contributed by atoms with E-state index in [0.29, 0.717) is 0 Å². The third-order valence-corrected chi connectivity index (χ3v) is 3.13. The van der Waals surface area contributed by atoms with Crippen LogP contribution < -0.4 is 0 Å². The van der Waals surface area contributed by atoms with Crippen LogP contribution in [0.4, 0.5) is 0 Å². The summed E-state index contributed by atoms with van der Waals surface area (Å²) in [5.41, 5.74) is 0. The number of ether oxygens (including phenoxy) is 1. The monoisotopic (exact) mass is 250 g/mol. The Morgan fingerprint density at radius 1 is 1.53 bits per heavy atom. The van der Waals surface area contributed by atoms with Gasteiger partial charge in [0, 0.05) is 0 Å². The molecule has 0 saturated carbocycles. The molecular weight excluding hydrogens is 232 g/mol. The number of terminal acetylenes is 1. The molecule has 0 aromatic rings. The van der Waals surface area contributed by atoms with Crippen LogP contribution in [0.15, 0.2) is 36.5 Å². The lowest BCUT2D eigenvalue weighted by Gasteiger charge is -2.24. The fourth-order valence-electron chi connectivity index (χ4n) is 1.69. The van der Waals surface area contributed by atoms with Crippen molar-refractivity contribution < 1.29 is 4.74 Å². The minimum absolute atomic E-state index is 0.0115. The molecular formula is C15H19ClO. The molecule has 1 nitrogen and oxygen atoms in total. The first-order chi connectivity index (χ1) is 8.27. The average Bonchev–Trinajstić information content (AvgIpc) is 2.42. The Balaban J connectivity index is 2.68. The van der Waals surface area contributed by atoms with Gasteiger partial charge >= 0.3 is 0 Å². The minimum Gasteiger partial charge on any atom is -0.369 e. The summed E-state index contributed by atoms with van der Waals surface area (Å²) < 4.78 is 6.00. The summed E-state index contributed by atoms with van der Waals surface area (Å²) in [6.45, 7) is 2.11. The van der Waals surface area contributed by atoms with Crippen molar-refractivity contribution in [3.63, 3.8) is 0 Å². The maximum absolute atomic E-state index is 6.34. The van der Waals surface area contributed by atoms with Gasteiger partial charge in [0.15, 0.2) is 0 Å². The third-order valence-electron chi connectivity index (χ3n) is 2.67. The summed E-state index contributed by atoms with van der Waals surface area (Å²) in [6.07, 6.45) is 19.7. The maximum Gasteiger partial charge on any atom is 0.0784 e. The summed E-state index contributed by atoms with van der Waals surface area (Å²) in [5, 5.41) is -0.0115. The molecule has 1 aliphatic rings. The first-order valence-electron chi connectivity index (χ1n) is 6.02. The lowest BCUT2D eigenvalue weighted by molar-refractivity contribution is 0.0119. The highest BCUT2D eigenvalue weighted by atomic mass is 35.5. The largest absolute Gasteiger partial charge is 0.369 e. The van der Waals surface area contributed by atoms with E-state index in [1.807, 2.05) is 18.2 Å². The highest BCUT2D eigenvalue weighted by Gasteiger charge is 2.21. The number of alkyl halides is 1. The molecule has 1 heterocycles. The molecule has 3 unspecified atom stereocenters. The lowest BCUT2D eigenvalue weighted by atomic mass is 10.1. The molecule has 1 aliphatic heterocycles. The topological polar surface area (TPSA) is 9.23 Å². The Hall–Kier alpha value is -0.970. The Morgan fingerprint density at radius 2 is 2.35 bits per heavy atom. The van der Waals surface area contributed by atoms with Crippen LogP contribution in [0.2, 0.25) is 0 Å². The highest BCUT2D eigenvalue weighted by molar-refractivity contribution is 6.21. The van der Waals surface area contributed by atoms with Crippen molar-refractivity contribution in [1.82, 2.24) is 0 Å². The van der Waals surface area contributed by atoms with Gasteiger partial charge in [0.1, 0.15) is 0 Å². The van der Waals surface area contributed by atoms with E-state index in [-0.39, 0.29) is 17.6 Å². The van der Waals surface area contributed by atoms with Gasteiger partial charge in [-0.1, -0.05) is 43.2 Å². The molecule has 0 amide bonds. The molecule has 0 saturated heterocycles. The van der Waals surface area contributed by atoms with Gasteiger partial charge in [0.05, 0.1) is 17.6 Å². The first kappa shape index (κ1) is 14.1. The highest BCUT2D eigenvalue weighted by Crippen LogP contribution is 2.20. The molecule has 0 fully saturated rings. The summed E-state index contributed by atoms with van der Waals surface area (Å²) in [5.74, 6) is 2.48. The zero-order chi connectivity index (χ0) is 12.5. The van der Waals surface area contributed by atoms with Crippen LogP contribution in [-0.2, 0) is 4.74 Å². The van der Waals surface area contributed by atoms with Gasteiger partial charge in [0.25, 0.3) is 0 Å². The quantitative estimate of drug-likeness (QED) is 0.546. The van der Waals surface area contributed by atoms with Crippen molar-refractivity contribution >= 4 is 11.6 Å². The zero-order valence-corrected chi connectivity index (χ0v) is 10.9. The molecule has 0 bridgehead atoms. The summed E-state index contributed by atoms with van der Waals surface area (Å²) >= 11 is 6.34. The number of hydrogen-bond acceptors (Lipinski definition) is 1. The smallest absolute Gasteiger partial charge is 0.0784 e. The number of hydrogen-bond donors (Lipinski definition) is 0. The Morgan fingerprint density at radius 3 is 3.06 bits per heavy atom. The molecule has 0 N–H and O–H groups in total. The van der Waals surface area contributed by atoms with E-state index in [0.717, 1.165) is 19.3 Å². The van der Waals surface area contributed by atoms with E-state index in [9.17, 15) is 0 Å². The molecule has 0 spiro atoms. The molecule has 0 aromatic carbocycles. The van der Waals surface area contributed by atoms with E-state index in [1.54, 1.807) is 6.08 Å².